The van der Waals surface area contributed by atoms with Gasteiger partial charge in [0, 0.05) is 29.0 Å². The molecule has 0 bridgehead atoms. The fourth-order valence-electron chi connectivity index (χ4n) is 5.72. The molecule has 0 aliphatic heterocycles. The first-order valence-corrected chi connectivity index (χ1v) is 12.3. The molecule has 5 aromatic rings. The number of hydrogen-bond acceptors (Lipinski definition) is 5. The minimum Gasteiger partial charge on any atom is -0.358 e. The van der Waals surface area contributed by atoms with Crippen molar-refractivity contribution in [3.05, 3.63) is 73.9 Å². The second-order valence-corrected chi connectivity index (χ2v) is 9.39. The van der Waals surface area contributed by atoms with Gasteiger partial charge in [-0.25, -0.2) is 0 Å². The van der Waals surface area contributed by atoms with Crippen LogP contribution in [0.5, 0.6) is 5.75 Å². The Bertz CT molecular complexity index is 1700. The number of carbonyl (C=O) groups is 2. The van der Waals surface area contributed by atoms with E-state index in [9.17, 15) is 14.7 Å². The summed E-state index contributed by atoms with van der Waals surface area (Å²) in [4.78, 5) is 33.1. The normalized spacial score (nSPS) is 14.1. The summed E-state index contributed by atoms with van der Waals surface area (Å²) in [7, 11) is 1.46. The minimum absolute atomic E-state index is 0. The molecule has 1 saturated carbocycles. The van der Waals surface area contributed by atoms with Crippen molar-refractivity contribution in [1.82, 2.24) is 9.97 Å². The number of esters is 1. The van der Waals surface area contributed by atoms with Crippen molar-refractivity contribution in [2.45, 2.75) is 38.5 Å². The van der Waals surface area contributed by atoms with Crippen LogP contribution in [0.2, 0.25) is 0 Å². The van der Waals surface area contributed by atoms with E-state index in [1.54, 1.807) is 18.2 Å². The molecule has 0 saturated heterocycles. The molecule has 1 fully saturated rings. The first kappa shape index (κ1) is 30.0. The van der Waals surface area contributed by atoms with Crippen LogP contribution >= 0.6 is 0 Å². The van der Waals surface area contributed by atoms with Crippen LogP contribution in [-0.4, -0.2) is 29.0 Å². The number of methoxy groups -OCH3 is 1. The molecule has 3 aromatic carbocycles. The van der Waals surface area contributed by atoms with Crippen LogP contribution in [-0.2, 0) is 40.1 Å². The number of phenols is 1. The van der Waals surface area contributed by atoms with E-state index in [1.807, 2.05) is 24.4 Å². The van der Waals surface area contributed by atoms with E-state index in [4.69, 9.17) is 14.6 Å². The second-order valence-electron chi connectivity index (χ2n) is 9.39. The number of carbonyl (C=O) groups excluding carboxylic acids is 2. The van der Waals surface area contributed by atoms with Gasteiger partial charge in [-0.1, -0.05) is 43.2 Å². The van der Waals surface area contributed by atoms with Crippen LogP contribution < -0.4 is 4.98 Å². The predicted octanol–water partition coefficient (Wildman–Crippen LogP) is 6.25. The van der Waals surface area contributed by atoms with Gasteiger partial charge in [0.25, 0.3) is 0 Å². The standard InChI is InChI=1S/C22H14N2O2.C7H12O2.CO.CH3.Ru/c25-12-5-7-16-15(9-12)20-19-14(6-8-17(19)26)18-13-4-2-1-3-11(13)10-23-21(18)22(20)24-16;1-9-7(8)6-4-2-3-5-6;1-2;;/h1-5,7,9-10H,6,8H2,(H2,23,24,25,26);6H,2-5H2,1H3;;1H3;/q;;;-1;+2/p-1. The summed E-state index contributed by atoms with van der Waals surface area (Å²) in [5.41, 5.74) is 4.20. The van der Waals surface area contributed by atoms with Gasteiger partial charge in [0.1, 0.15) is 5.75 Å². The third kappa shape index (κ3) is 5.20. The zero-order valence-electron chi connectivity index (χ0n) is 21.8. The maximum Gasteiger partial charge on any atom is 2.00 e. The molecule has 2 aliphatic rings. The molecule has 2 aromatic heterocycles. The van der Waals surface area contributed by atoms with Crippen molar-refractivity contribution < 1.29 is 43.6 Å². The Morgan fingerprint density at radius 2 is 1.79 bits per heavy atom. The van der Waals surface area contributed by atoms with Crippen molar-refractivity contribution in [1.29, 1.82) is 0 Å². The Kier molecular flexibility index (Phi) is 9.63. The fraction of sp³-hybridized carbons (Fsp3) is 0.258. The molecule has 8 heteroatoms. The minimum atomic E-state index is -0.0208. The van der Waals surface area contributed by atoms with Crippen LogP contribution in [0.15, 0.2) is 48.7 Å². The van der Waals surface area contributed by atoms with E-state index in [1.165, 1.54) is 20.0 Å². The molecule has 0 spiro atoms. The second kappa shape index (κ2) is 12.5. The Hall–Kier alpha value is -3.57. The first-order chi connectivity index (χ1) is 18.1. The summed E-state index contributed by atoms with van der Waals surface area (Å²) in [5.74, 6) is 0.526. The van der Waals surface area contributed by atoms with Crippen molar-refractivity contribution in [3.8, 4) is 5.75 Å². The van der Waals surface area contributed by atoms with E-state index in [0.717, 1.165) is 73.9 Å². The molecule has 7 nitrogen and oxygen atoms in total. The molecule has 0 unspecified atom stereocenters. The topological polar surface area (TPSA) is 110 Å². The number of fused-ring (bicyclic) bond motifs is 10. The number of Topliss-reactive ketones (excluding diaryl/α,β-unsaturated/α-hetero) is 1. The van der Waals surface area contributed by atoms with Gasteiger partial charge in [-0.2, -0.15) is 0 Å². The Labute approximate surface area is 239 Å². The molecular weight excluding hydrogens is 581 g/mol. The van der Waals surface area contributed by atoms with Gasteiger partial charge in [-0.15, -0.1) is 11.0 Å². The number of phenolic OH excluding ortho intramolecular Hbond substituents is 1. The average Bonchev–Trinajstić information content (AvgIpc) is 3.69. The Balaban J connectivity index is 0.000000278. The van der Waals surface area contributed by atoms with E-state index >= 15 is 0 Å². The number of pyridine rings is 1. The largest absolute Gasteiger partial charge is 2.00 e. The van der Waals surface area contributed by atoms with Crippen molar-refractivity contribution in [2.75, 3.05) is 7.11 Å². The van der Waals surface area contributed by atoms with Crippen molar-refractivity contribution in [2.24, 2.45) is 5.92 Å². The Morgan fingerprint density at radius 3 is 2.51 bits per heavy atom. The van der Waals surface area contributed by atoms with Gasteiger partial charge in [0.05, 0.1) is 18.5 Å². The predicted molar refractivity (Wildman–Crippen MR) is 146 cm³/mol. The van der Waals surface area contributed by atoms with E-state index in [0.29, 0.717) is 6.42 Å². The molecule has 2 heterocycles. The summed E-state index contributed by atoms with van der Waals surface area (Å²) < 4.78 is 12.1. The average molecular weight is 610 g/mol. The molecule has 39 heavy (non-hydrogen) atoms. The number of aryl methyl sites for hydroxylation is 1. The maximum absolute atomic E-state index is 12.8. The molecular formula is C31H28N2O5Ru. The molecule has 0 amide bonds. The third-order valence-electron chi connectivity index (χ3n) is 7.37. The number of ketones is 1. The molecule has 1 N–H and O–H groups in total. The smallest absolute Gasteiger partial charge is 0.358 e. The molecule has 7 rings (SSSR count). The quantitative estimate of drug-likeness (QED) is 0.0792. The van der Waals surface area contributed by atoms with Crippen molar-refractivity contribution in [3.63, 3.8) is 0 Å². The summed E-state index contributed by atoms with van der Waals surface area (Å²) >= 11 is 0. The fourth-order valence-corrected chi connectivity index (χ4v) is 5.72. The summed E-state index contributed by atoms with van der Waals surface area (Å²) in [6.45, 7) is 4.50. The number of aromatic hydroxyl groups is 1. The molecule has 0 radical (unpaired) electrons. The van der Waals surface area contributed by atoms with Gasteiger partial charge in [-0.05, 0) is 53.1 Å². The van der Waals surface area contributed by atoms with E-state index < -0.39 is 0 Å². The zero-order chi connectivity index (χ0) is 26.1. The summed E-state index contributed by atoms with van der Waals surface area (Å²) in [6, 6.07) is 13.3. The van der Waals surface area contributed by atoms with Gasteiger partial charge >= 0.3 is 36.7 Å². The van der Waals surface area contributed by atoms with Crippen molar-refractivity contribution >= 4 is 55.2 Å². The van der Waals surface area contributed by atoms with Gasteiger partial charge in [-0.3, -0.25) is 14.6 Å². The third-order valence-corrected chi connectivity index (χ3v) is 7.37. The Morgan fingerprint density at radius 1 is 1.08 bits per heavy atom. The van der Waals surface area contributed by atoms with Crippen LogP contribution in [0.3, 0.4) is 0 Å². The molecule has 200 valence electrons. The number of ether oxygens (including phenoxy) is 1. The van der Waals surface area contributed by atoms with Crippen LogP contribution in [0, 0.1) is 20.0 Å². The number of rotatable bonds is 1. The summed E-state index contributed by atoms with van der Waals surface area (Å²) in [6.07, 6.45) is 7.57. The SMILES string of the molecule is COC(=O)C1CCCC1.O=C1CCc2c1c1c3cc(O)ccc3[n-]c1c1ncc3ccccc3c21.[C-]#[O+].[CH3-].[Ru+2]. The summed E-state index contributed by atoms with van der Waals surface area (Å²) in [5, 5.41) is 14.8. The van der Waals surface area contributed by atoms with E-state index in [-0.39, 0.29) is 50.3 Å². The van der Waals surface area contributed by atoms with Gasteiger partial charge in [0.15, 0.2) is 5.78 Å². The van der Waals surface area contributed by atoms with Crippen LogP contribution in [0.25, 0.3) is 43.5 Å². The maximum atomic E-state index is 12.8. The number of benzene rings is 3. The van der Waals surface area contributed by atoms with Crippen LogP contribution in [0.4, 0.5) is 0 Å². The first-order valence-electron chi connectivity index (χ1n) is 12.3. The molecule has 0 atom stereocenters. The zero-order valence-corrected chi connectivity index (χ0v) is 23.5. The van der Waals surface area contributed by atoms with Crippen LogP contribution in [0.1, 0.15) is 48.0 Å². The molecule has 2 aliphatic carbocycles. The monoisotopic (exact) mass is 610 g/mol. The number of aromatic nitrogens is 2. The van der Waals surface area contributed by atoms with Gasteiger partial charge in [0.2, 0.25) is 0 Å². The number of hydrogen-bond donors (Lipinski definition) is 1. The van der Waals surface area contributed by atoms with E-state index in [2.05, 4.69) is 17.5 Å². The number of nitrogens with zero attached hydrogens (tertiary/aromatic N) is 2. The van der Waals surface area contributed by atoms with Gasteiger partial charge < -0.3 is 22.3 Å².